The number of aromatic nitrogens is 1. The van der Waals surface area contributed by atoms with Gasteiger partial charge in [0.25, 0.3) is 5.91 Å². The van der Waals surface area contributed by atoms with Gasteiger partial charge in [-0.05, 0) is 31.0 Å². The number of nitrogens with zero attached hydrogens (tertiary/aromatic N) is 1. The highest BCUT2D eigenvalue weighted by atomic mass is 16.5. The average Bonchev–Trinajstić information content (AvgIpc) is 2.62. The Hall–Kier alpha value is -3.42. The van der Waals surface area contributed by atoms with Gasteiger partial charge in [0.15, 0.2) is 19.0 Å². The quantitative estimate of drug-likeness (QED) is 0.452. The molecule has 0 bridgehead atoms. The Morgan fingerprint density at radius 3 is 2.46 bits per heavy atom. The van der Waals surface area contributed by atoms with Crippen molar-refractivity contribution in [2.24, 2.45) is 0 Å². The Balaban J connectivity index is 1.76. The second kappa shape index (κ2) is 8.61. The zero-order valence-corrected chi connectivity index (χ0v) is 14.4. The lowest BCUT2D eigenvalue weighted by molar-refractivity contribution is -0.605. The number of pyridine rings is 1. The normalized spacial score (nSPS) is 10.1. The molecule has 0 aliphatic carbocycles. The lowest BCUT2D eigenvalue weighted by Crippen LogP contribution is -2.35. The summed E-state index contributed by atoms with van der Waals surface area (Å²) in [6, 6.07) is 8.10. The number of carbonyl (C=O) groups excluding carboxylic acids is 3. The number of rotatable bonds is 6. The van der Waals surface area contributed by atoms with Crippen molar-refractivity contribution >= 4 is 23.5 Å². The van der Waals surface area contributed by atoms with E-state index in [4.69, 9.17) is 4.74 Å². The fourth-order valence-corrected chi connectivity index (χ4v) is 2.07. The van der Waals surface area contributed by atoms with E-state index in [9.17, 15) is 19.6 Å². The monoisotopic (exact) mass is 357 g/mol. The maximum absolute atomic E-state index is 11.9. The Morgan fingerprint density at radius 1 is 1.08 bits per heavy atom. The van der Waals surface area contributed by atoms with Gasteiger partial charge in [0.2, 0.25) is 5.91 Å². The Labute approximate surface area is 150 Å². The van der Waals surface area contributed by atoms with E-state index in [2.05, 4.69) is 10.6 Å². The molecule has 2 rings (SSSR count). The van der Waals surface area contributed by atoms with Gasteiger partial charge < -0.3 is 20.6 Å². The summed E-state index contributed by atoms with van der Waals surface area (Å²) in [4.78, 5) is 35.3. The number of esters is 1. The number of carbonyl (C=O) groups is 3. The molecule has 2 amide bonds. The second-order valence-corrected chi connectivity index (χ2v) is 5.60. The van der Waals surface area contributed by atoms with Crippen molar-refractivity contribution in [1.82, 2.24) is 5.32 Å². The molecule has 0 spiro atoms. The molecule has 0 saturated carbocycles. The van der Waals surface area contributed by atoms with E-state index in [1.165, 1.54) is 12.1 Å². The Morgan fingerprint density at radius 2 is 1.77 bits per heavy atom. The molecule has 0 atom stereocenters. The maximum atomic E-state index is 11.9. The van der Waals surface area contributed by atoms with E-state index in [0.29, 0.717) is 10.4 Å². The van der Waals surface area contributed by atoms with Crippen LogP contribution in [-0.4, -0.2) is 30.9 Å². The van der Waals surface area contributed by atoms with Crippen molar-refractivity contribution in [2.75, 3.05) is 18.5 Å². The van der Waals surface area contributed by atoms with Gasteiger partial charge in [-0.2, -0.15) is 4.73 Å². The number of hydrogen-bond donors (Lipinski definition) is 2. The van der Waals surface area contributed by atoms with Crippen molar-refractivity contribution in [3.8, 4) is 0 Å². The third-order valence-electron chi connectivity index (χ3n) is 3.70. The second-order valence-electron chi connectivity index (χ2n) is 5.60. The Kier molecular flexibility index (Phi) is 6.26. The van der Waals surface area contributed by atoms with E-state index < -0.39 is 18.5 Å². The van der Waals surface area contributed by atoms with Crippen LogP contribution in [0.1, 0.15) is 21.5 Å². The highest BCUT2D eigenvalue weighted by Crippen LogP contribution is 2.17. The number of aryl methyl sites for hydroxylation is 1. The summed E-state index contributed by atoms with van der Waals surface area (Å²) in [6.45, 7) is 3.05. The summed E-state index contributed by atoms with van der Waals surface area (Å²) < 4.78 is 5.35. The predicted octanol–water partition coefficient (Wildman–Crippen LogP) is 0.849. The number of hydrogen-bond acceptors (Lipinski definition) is 5. The average molecular weight is 357 g/mol. The van der Waals surface area contributed by atoms with Crippen molar-refractivity contribution < 1.29 is 23.9 Å². The molecule has 0 aliphatic rings. The minimum absolute atomic E-state index is 0.151. The molecule has 1 heterocycles. The molecule has 1 aromatic heterocycles. The maximum Gasteiger partial charge on any atom is 0.339 e. The minimum atomic E-state index is -0.736. The van der Waals surface area contributed by atoms with Crippen LogP contribution in [0.25, 0.3) is 0 Å². The van der Waals surface area contributed by atoms with Gasteiger partial charge in [0.1, 0.15) is 0 Å². The summed E-state index contributed by atoms with van der Waals surface area (Å²) in [5.74, 6) is -1.73. The first-order chi connectivity index (χ1) is 12.4. The lowest BCUT2D eigenvalue weighted by Gasteiger charge is -2.11. The number of anilines is 1. The third kappa shape index (κ3) is 5.30. The van der Waals surface area contributed by atoms with Crippen LogP contribution in [0.5, 0.6) is 0 Å². The number of nitrogens with one attached hydrogen (secondary N) is 2. The first-order valence-corrected chi connectivity index (χ1v) is 7.85. The third-order valence-corrected chi connectivity index (χ3v) is 3.70. The highest BCUT2D eigenvalue weighted by Gasteiger charge is 2.12. The molecule has 0 radical (unpaired) electrons. The van der Waals surface area contributed by atoms with E-state index in [-0.39, 0.29) is 18.0 Å². The molecule has 8 heteroatoms. The van der Waals surface area contributed by atoms with Crippen LogP contribution < -0.4 is 15.4 Å². The predicted molar refractivity (Wildman–Crippen MR) is 93.2 cm³/mol. The van der Waals surface area contributed by atoms with E-state index in [0.717, 1.165) is 23.5 Å². The summed E-state index contributed by atoms with van der Waals surface area (Å²) in [7, 11) is 0. The highest BCUT2D eigenvalue weighted by molar-refractivity contribution is 5.96. The van der Waals surface area contributed by atoms with E-state index >= 15 is 0 Å². The van der Waals surface area contributed by atoms with Gasteiger partial charge in [-0.1, -0.05) is 12.1 Å². The fraction of sp³-hybridized carbons (Fsp3) is 0.222. The smallest absolute Gasteiger partial charge is 0.339 e. The molecular formula is C18H19N3O5. The van der Waals surface area contributed by atoms with Crippen LogP contribution in [0.4, 0.5) is 5.69 Å². The van der Waals surface area contributed by atoms with Crippen molar-refractivity contribution in [2.45, 2.75) is 13.8 Å². The van der Waals surface area contributed by atoms with Crippen molar-refractivity contribution in [1.29, 1.82) is 0 Å². The Bertz CT molecular complexity index is 818. The standard InChI is InChI=1S/C18H19N3O5/c1-12-4-3-5-15(13(12)2)20-16(22)10-19-17(23)11-26-18(24)14-6-8-21(25)9-7-14/h3-9H,10-11H2,1-2H3,(H,19,23)(H,20,22). The first kappa shape index (κ1) is 18.9. The fourth-order valence-electron chi connectivity index (χ4n) is 2.07. The molecule has 0 fully saturated rings. The summed E-state index contributed by atoms with van der Waals surface area (Å²) in [6.07, 6.45) is 2.29. The zero-order chi connectivity index (χ0) is 19.1. The van der Waals surface area contributed by atoms with Crippen LogP contribution in [0.15, 0.2) is 42.7 Å². The number of amides is 2. The van der Waals surface area contributed by atoms with Crippen molar-refractivity contribution in [3.63, 3.8) is 0 Å². The molecule has 136 valence electrons. The first-order valence-electron chi connectivity index (χ1n) is 7.85. The van der Waals surface area contributed by atoms with Gasteiger partial charge in [-0.25, -0.2) is 4.79 Å². The van der Waals surface area contributed by atoms with Gasteiger partial charge in [0.05, 0.1) is 12.1 Å². The molecule has 2 N–H and O–H groups in total. The van der Waals surface area contributed by atoms with Crippen LogP contribution in [0, 0.1) is 19.1 Å². The molecule has 0 saturated heterocycles. The largest absolute Gasteiger partial charge is 0.619 e. The van der Waals surface area contributed by atoms with Crippen LogP contribution in [0.2, 0.25) is 0 Å². The van der Waals surface area contributed by atoms with Crippen LogP contribution in [0.3, 0.4) is 0 Å². The molecule has 26 heavy (non-hydrogen) atoms. The van der Waals surface area contributed by atoms with E-state index in [1.54, 1.807) is 6.07 Å². The topological polar surface area (TPSA) is 111 Å². The van der Waals surface area contributed by atoms with Gasteiger partial charge in [0, 0.05) is 17.8 Å². The van der Waals surface area contributed by atoms with E-state index in [1.807, 2.05) is 26.0 Å². The number of benzene rings is 1. The van der Waals surface area contributed by atoms with Crippen LogP contribution in [-0.2, 0) is 14.3 Å². The van der Waals surface area contributed by atoms with Crippen molar-refractivity contribution in [3.05, 3.63) is 64.6 Å². The summed E-state index contributed by atoms with van der Waals surface area (Å²) in [5.41, 5.74) is 2.82. The molecule has 0 unspecified atom stereocenters. The minimum Gasteiger partial charge on any atom is -0.619 e. The molecule has 0 aliphatic heterocycles. The number of ether oxygens (including phenoxy) is 1. The molecule has 1 aromatic carbocycles. The lowest BCUT2D eigenvalue weighted by atomic mass is 10.1. The molecule has 8 nitrogen and oxygen atoms in total. The summed E-state index contributed by atoms with van der Waals surface area (Å²) >= 11 is 0. The SMILES string of the molecule is Cc1cccc(NC(=O)CNC(=O)COC(=O)c2cc[n+]([O-])cc2)c1C. The van der Waals surface area contributed by atoms with Gasteiger partial charge in [-0.15, -0.1) is 0 Å². The molecule has 2 aromatic rings. The summed E-state index contributed by atoms with van der Waals surface area (Å²) in [5, 5.41) is 16.0. The molecular weight excluding hydrogens is 338 g/mol. The van der Waals surface area contributed by atoms with Gasteiger partial charge >= 0.3 is 5.97 Å². The van der Waals surface area contributed by atoms with Crippen LogP contribution >= 0.6 is 0 Å². The zero-order valence-electron chi connectivity index (χ0n) is 14.4. The van der Waals surface area contributed by atoms with Gasteiger partial charge in [-0.3, -0.25) is 9.59 Å².